The summed E-state index contributed by atoms with van der Waals surface area (Å²) in [4.78, 5) is 11.6. The van der Waals surface area contributed by atoms with Gasteiger partial charge >= 0.3 is 5.97 Å². The first-order chi connectivity index (χ1) is 8.48. The lowest BCUT2D eigenvalue weighted by Crippen LogP contribution is -2.54. The van der Waals surface area contributed by atoms with Gasteiger partial charge in [0.25, 0.3) is 0 Å². The molecule has 98 valence electrons. The highest BCUT2D eigenvalue weighted by Gasteiger charge is 2.58. The van der Waals surface area contributed by atoms with Crippen LogP contribution in [-0.4, -0.2) is 11.1 Å². The Morgan fingerprint density at radius 1 is 1.33 bits per heavy atom. The average molecular weight is 250 g/mol. The van der Waals surface area contributed by atoms with Crippen LogP contribution in [0.4, 0.5) is 4.39 Å². The largest absolute Gasteiger partial charge is 0.481 e. The number of carboxylic acid groups (broad SMARTS) is 1. The third kappa shape index (κ3) is 1.82. The third-order valence-electron chi connectivity index (χ3n) is 4.64. The molecule has 0 amide bonds. The Balaban J connectivity index is 2.35. The van der Waals surface area contributed by atoms with Gasteiger partial charge in [-0.2, -0.15) is 0 Å². The lowest BCUT2D eigenvalue weighted by atomic mass is 9.48. The summed E-state index contributed by atoms with van der Waals surface area (Å²) >= 11 is 0. The van der Waals surface area contributed by atoms with E-state index < -0.39 is 11.4 Å². The van der Waals surface area contributed by atoms with Gasteiger partial charge in [0, 0.05) is 0 Å². The van der Waals surface area contributed by atoms with Gasteiger partial charge in [-0.25, -0.2) is 4.39 Å². The Hall–Kier alpha value is -1.38. The highest BCUT2D eigenvalue weighted by molar-refractivity contribution is 5.83. The molecule has 0 atom stereocenters. The molecule has 3 heteroatoms. The maximum atomic E-state index is 13.3. The fourth-order valence-electron chi connectivity index (χ4n) is 3.24. The van der Waals surface area contributed by atoms with Gasteiger partial charge in [-0.05, 0) is 36.0 Å². The molecule has 0 spiro atoms. The van der Waals surface area contributed by atoms with E-state index in [1.165, 1.54) is 12.1 Å². The van der Waals surface area contributed by atoms with Gasteiger partial charge in [0.1, 0.15) is 5.82 Å². The van der Waals surface area contributed by atoms with Crippen LogP contribution in [0.15, 0.2) is 24.3 Å². The molecule has 0 heterocycles. The van der Waals surface area contributed by atoms with Crippen LogP contribution < -0.4 is 0 Å². The second-order valence-corrected chi connectivity index (χ2v) is 5.46. The van der Waals surface area contributed by atoms with Crippen molar-refractivity contribution in [2.24, 2.45) is 5.41 Å². The summed E-state index contributed by atoms with van der Waals surface area (Å²) in [6.45, 7) is 4.20. The van der Waals surface area contributed by atoms with Crippen molar-refractivity contribution in [1.82, 2.24) is 0 Å². The topological polar surface area (TPSA) is 37.3 Å². The molecule has 18 heavy (non-hydrogen) atoms. The van der Waals surface area contributed by atoms with E-state index in [1.807, 2.05) is 0 Å². The molecule has 0 bridgehead atoms. The SMILES string of the molecule is CCC1(CC)CC(C(=O)O)(c2cccc(F)c2)C1. The molecule has 0 aliphatic heterocycles. The quantitative estimate of drug-likeness (QED) is 0.883. The molecule has 1 aromatic rings. The second kappa shape index (κ2) is 4.38. The molecular weight excluding hydrogens is 231 g/mol. The molecule has 1 saturated carbocycles. The van der Waals surface area contributed by atoms with Gasteiger partial charge in [0.15, 0.2) is 0 Å². The first kappa shape index (κ1) is 13.1. The Morgan fingerprint density at radius 2 is 1.94 bits per heavy atom. The van der Waals surface area contributed by atoms with Gasteiger partial charge in [0.05, 0.1) is 5.41 Å². The zero-order chi connectivity index (χ0) is 13.4. The van der Waals surface area contributed by atoms with Crippen molar-refractivity contribution in [2.75, 3.05) is 0 Å². The zero-order valence-corrected chi connectivity index (χ0v) is 10.9. The van der Waals surface area contributed by atoms with Crippen molar-refractivity contribution in [2.45, 2.75) is 44.9 Å². The van der Waals surface area contributed by atoms with E-state index in [4.69, 9.17) is 0 Å². The molecule has 1 aliphatic rings. The van der Waals surface area contributed by atoms with Crippen molar-refractivity contribution >= 4 is 5.97 Å². The number of carbonyl (C=O) groups is 1. The van der Waals surface area contributed by atoms with Crippen LogP contribution in [0.2, 0.25) is 0 Å². The zero-order valence-electron chi connectivity index (χ0n) is 10.9. The smallest absolute Gasteiger partial charge is 0.314 e. The van der Waals surface area contributed by atoms with Gasteiger partial charge in [-0.15, -0.1) is 0 Å². The Labute approximate surface area is 107 Å². The normalized spacial score (nSPS) is 20.2. The summed E-state index contributed by atoms with van der Waals surface area (Å²) in [6, 6.07) is 6.04. The minimum absolute atomic E-state index is 0.116. The summed E-state index contributed by atoms with van der Waals surface area (Å²) in [5.74, 6) is -1.19. The minimum atomic E-state index is -0.881. The molecule has 2 nitrogen and oxygen atoms in total. The van der Waals surface area contributed by atoms with Gasteiger partial charge < -0.3 is 5.11 Å². The highest BCUT2D eigenvalue weighted by atomic mass is 19.1. The predicted octanol–water partition coefficient (Wildman–Crippen LogP) is 3.75. The Morgan fingerprint density at radius 3 is 2.39 bits per heavy atom. The van der Waals surface area contributed by atoms with Crippen LogP contribution in [-0.2, 0) is 10.2 Å². The van der Waals surface area contributed by atoms with E-state index in [1.54, 1.807) is 12.1 Å². The molecule has 2 rings (SSSR count). The lowest BCUT2D eigenvalue weighted by molar-refractivity contribution is -0.155. The van der Waals surface area contributed by atoms with Crippen molar-refractivity contribution < 1.29 is 14.3 Å². The number of aliphatic carboxylic acids is 1. The number of halogens is 1. The summed E-state index contributed by atoms with van der Waals surface area (Å²) in [6.07, 6.45) is 3.19. The standard InChI is InChI=1S/C15H19FO2/c1-3-14(4-2)9-15(10-14,13(17)18)11-6-5-7-12(16)8-11/h5-8H,3-4,9-10H2,1-2H3,(H,17,18). The molecule has 1 aliphatic carbocycles. The predicted molar refractivity (Wildman–Crippen MR) is 68.0 cm³/mol. The number of benzene rings is 1. The maximum Gasteiger partial charge on any atom is 0.314 e. The molecule has 1 aromatic carbocycles. The van der Waals surface area contributed by atoms with Gasteiger partial charge in [-0.1, -0.05) is 38.8 Å². The number of hydrogen-bond donors (Lipinski definition) is 1. The van der Waals surface area contributed by atoms with E-state index in [-0.39, 0.29) is 11.2 Å². The average Bonchev–Trinajstić information content (AvgIpc) is 2.29. The molecule has 0 aromatic heterocycles. The Bertz CT molecular complexity index is 455. The number of hydrogen-bond acceptors (Lipinski definition) is 1. The van der Waals surface area contributed by atoms with Crippen molar-refractivity contribution in [3.63, 3.8) is 0 Å². The first-order valence-corrected chi connectivity index (χ1v) is 6.47. The van der Waals surface area contributed by atoms with Gasteiger partial charge in [-0.3, -0.25) is 4.79 Å². The fourth-order valence-corrected chi connectivity index (χ4v) is 3.24. The molecular formula is C15H19FO2. The number of carboxylic acids is 1. The molecule has 1 N–H and O–H groups in total. The van der Waals surface area contributed by atoms with Crippen LogP contribution in [0.3, 0.4) is 0 Å². The van der Waals surface area contributed by atoms with E-state index in [0.29, 0.717) is 18.4 Å². The van der Waals surface area contributed by atoms with Crippen LogP contribution in [0.5, 0.6) is 0 Å². The maximum absolute atomic E-state index is 13.3. The molecule has 0 radical (unpaired) electrons. The summed E-state index contributed by atoms with van der Waals surface area (Å²) in [7, 11) is 0. The van der Waals surface area contributed by atoms with Crippen molar-refractivity contribution in [1.29, 1.82) is 0 Å². The number of rotatable bonds is 4. The van der Waals surface area contributed by atoms with Crippen LogP contribution in [0.25, 0.3) is 0 Å². The van der Waals surface area contributed by atoms with E-state index in [0.717, 1.165) is 12.8 Å². The fraction of sp³-hybridized carbons (Fsp3) is 0.533. The third-order valence-corrected chi connectivity index (χ3v) is 4.64. The van der Waals surface area contributed by atoms with Gasteiger partial charge in [0.2, 0.25) is 0 Å². The van der Waals surface area contributed by atoms with Crippen LogP contribution >= 0.6 is 0 Å². The monoisotopic (exact) mass is 250 g/mol. The van der Waals surface area contributed by atoms with Crippen molar-refractivity contribution in [3.05, 3.63) is 35.6 Å². The summed E-state index contributed by atoms with van der Waals surface area (Å²) in [5.41, 5.74) is -0.161. The first-order valence-electron chi connectivity index (χ1n) is 6.47. The van der Waals surface area contributed by atoms with E-state index in [2.05, 4.69) is 13.8 Å². The second-order valence-electron chi connectivity index (χ2n) is 5.46. The van der Waals surface area contributed by atoms with E-state index >= 15 is 0 Å². The highest BCUT2D eigenvalue weighted by Crippen LogP contribution is 2.59. The summed E-state index contributed by atoms with van der Waals surface area (Å²) in [5, 5.41) is 9.53. The van der Waals surface area contributed by atoms with E-state index in [9.17, 15) is 14.3 Å². The minimum Gasteiger partial charge on any atom is -0.481 e. The van der Waals surface area contributed by atoms with Crippen molar-refractivity contribution in [3.8, 4) is 0 Å². The molecule has 0 unspecified atom stereocenters. The van der Waals surface area contributed by atoms with Crippen LogP contribution in [0, 0.1) is 11.2 Å². The van der Waals surface area contributed by atoms with Crippen LogP contribution in [0.1, 0.15) is 45.1 Å². The molecule has 1 fully saturated rings. The summed E-state index contributed by atoms with van der Waals surface area (Å²) < 4.78 is 13.3. The Kier molecular flexibility index (Phi) is 3.18. The lowest BCUT2D eigenvalue weighted by Gasteiger charge is -2.54. The molecule has 0 saturated heterocycles.